The fourth-order valence-corrected chi connectivity index (χ4v) is 2.48. The number of hydrogen-bond donors (Lipinski definition) is 0. The van der Waals surface area contributed by atoms with Crippen LogP contribution in [0.5, 0.6) is 23.0 Å². The van der Waals surface area contributed by atoms with Gasteiger partial charge < -0.3 is 14.2 Å². The van der Waals surface area contributed by atoms with Gasteiger partial charge in [0, 0.05) is 29.9 Å². The molecule has 26 heavy (non-hydrogen) atoms. The van der Waals surface area contributed by atoms with E-state index in [4.69, 9.17) is 21.1 Å². The number of pyridine rings is 1. The second kappa shape index (κ2) is 7.03. The van der Waals surface area contributed by atoms with E-state index < -0.39 is 17.4 Å². The van der Waals surface area contributed by atoms with E-state index >= 15 is 0 Å². The van der Waals surface area contributed by atoms with Crippen LogP contribution in [0.15, 0.2) is 30.5 Å². The molecule has 9 heteroatoms. The van der Waals surface area contributed by atoms with Crippen LogP contribution in [0.4, 0.5) is 13.2 Å². The molecular formula is C17H13ClF3NO4. The maximum atomic E-state index is 12.3. The first-order valence-electron chi connectivity index (χ1n) is 7.58. The molecule has 0 aliphatic heterocycles. The summed E-state index contributed by atoms with van der Waals surface area (Å²) in [6.45, 7) is 0. The van der Waals surface area contributed by atoms with E-state index in [1.165, 1.54) is 19.4 Å². The van der Waals surface area contributed by atoms with E-state index in [2.05, 4.69) is 9.72 Å². The Morgan fingerprint density at radius 3 is 2.50 bits per heavy atom. The summed E-state index contributed by atoms with van der Waals surface area (Å²) in [6.07, 6.45) is -1.51. The average Bonchev–Trinajstić information content (AvgIpc) is 3.39. The van der Waals surface area contributed by atoms with Gasteiger partial charge in [-0.3, -0.25) is 9.78 Å². The van der Waals surface area contributed by atoms with Gasteiger partial charge in [0.25, 0.3) is 5.24 Å². The Kier molecular flexibility index (Phi) is 4.95. The highest BCUT2D eigenvalue weighted by Crippen LogP contribution is 2.42. The number of aromatic nitrogens is 1. The molecule has 3 rings (SSSR count). The van der Waals surface area contributed by atoms with Gasteiger partial charge >= 0.3 is 6.36 Å². The summed E-state index contributed by atoms with van der Waals surface area (Å²) in [7, 11) is 1.27. The minimum atomic E-state index is -4.82. The number of halogens is 4. The number of carbonyl (C=O) groups is 1. The Morgan fingerprint density at radius 2 is 1.92 bits per heavy atom. The van der Waals surface area contributed by atoms with Crippen molar-refractivity contribution in [3.63, 3.8) is 0 Å². The zero-order valence-electron chi connectivity index (χ0n) is 13.5. The lowest BCUT2D eigenvalue weighted by Crippen LogP contribution is -2.17. The van der Waals surface area contributed by atoms with Gasteiger partial charge in [0.1, 0.15) is 11.5 Å². The number of hydrogen-bond acceptors (Lipinski definition) is 5. The van der Waals surface area contributed by atoms with Crippen LogP contribution in [0.2, 0.25) is 0 Å². The maximum Gasteiger partial charge on any atom is 0.573 e. The molecule has 0 atom stereocenters. The normalized spacial score (nSPS) is 14.0. The van der Waals surface area contributed by atoms with Gasteiger partial charge in [0.15, 0.2) is 11.5 Å². The van der Waals surface area contributed by atoms with Gasteiger partial charge in [-0.05, 0) is 36.6 Å². The molecule has 0 amide bonds. The number of rotatable bonds is 6. The van der Waals surface area contributed by atoms with Crippen LogP contribution in [0, 0.1) is 0 Å². The first-order valence-corrected chi connectivity index (χ1v) is 7.96. The van der Waals surface area contributed by atoms with Crippen LogP contribution in [-0.4, -0.2) is 23.7 Å². The van der Waals surface area contributed by atoms with Crippen molar-refractivity contribution < 1.29 is 32.2 Å². The second-order valence-corrected chi connectivity index (χ2v) is 5.96. The molecule has 0 radical (unpaired) electrons. The summed E-state index contributed by atoms with van der Waals surface area (Å²) >= 11 is 5.56. The Morgan fingerprint density at radius 1 is 1.19 bits per heavy atom. The monoisotopic (exact) mass is 387 g/mol. The summed E-state index contributed by atoms with van der Waals surface area (Å²) in [6, 6.07) is 4.97. The fraction of sp³-hybridized carbons (Fsp3) is 0.294. The van der Waals surface area contributed by atoms with E-state index in [1.54, 1.807) is 6.07 Å². The molecule has 1 aromatic heterocycles. The van der Waals surface area contributed by atoms with Crippen molar-refractivity contribution in [3.05, 3.63) is 41.7 Å². The lowest BCUT2D eigenvalue weighted by atomic mass is 10.2. The van der Waals surface area contributed by atoms with Gasteiger partial charge in [-0.1, -0.05) is 0 Å². The van der Waals surface area contributed by atoms with Crippen LogP contribution >= 0.6 is 11.6 Å². The molecule has 1 fully saturated rings. The minimum Gasteiger partial charge on any atom is -0.493 e. The molecule has 1 saturated carbocycles. The molecule has 1 aromatic carbocycles. The van der Waals surface area contributed by atoms with E-state index in [0.29, 0.717) is 5.92 Å². The van der Waals surface area contributed by atoms with Crippen LogP contribution < -0.4 is 14.2 Å². The maximum absolute atomic E-state index is 12.3. The summed E-state index contributed by atoms with van der Waals surface area (Å²) in [5.41, 5.74) is 0.811. The quantitative estimate of drug-likeness (QED) is 0.650. The first kappa shape index (κ1) is 18.3. The number of carbonyl (C=O) groups excluding carboxylic acids is 1. The first-order chi connectivity index (χ1) is 12.3. The predicted octanol–water partition coefficient (Wildman–Crippen LogP) is 5.04. The van der Waals surface area contributed by atoms with Crippen LogP contribution in [0.25, 0.3) is 0 Å². The lowest BCUT2D eigenvalue weighted by molar-refractivity contribution is -0.274. The molecule has 1 aliphatic carbocycles. The number of methoxy groups -OCH3 is 1. The highest BCUT2D eigenvalue weighted by molar-refractivity contribution is 6.68. The van der Waals surface area contributed by atoms with Gasteiger partial charge in [0.05, 0.1) is 12.7 Å². The summed E-state index contributed by atoms with van der Waals surface area (Å²) < 4.78 is 51.6. The molecule has 0 unspecified atom stereocenters. The molecule has 138 valence electrons. The van der Waals surface area contributed by atoms with E-state index in [1.807, 2.05) is 0 Å². The Labute approximate surface area is 151 Å². The number of benzene rings is 1. The van der Waals surface area contributed by atoms with Crippen LogP contribution in [0.1, 0.15) is 34.8 Å². The highest BCUT2D eigenvalue weighted by atomic mass is 35.5. The molecule has 1 heterocycles. The van der Waals surface area contributed by atoms with Crippen molar-refractivity contribution in [2.75, 3.05) is 7.11 Å². The van der Waals surface area contributed by atoms with Crippen molar-refractivity contribution in [1.82, 2.24) is 4.98 Å². The van der Waals surface area contributed by atoms with Crippen LogP contribution in [0.3, 0.4) is 0 Å². The van der Waals surface area contributed by atoms with E-state index in [9.17, 15) is 18.0 Å². The zero-order valence-corrected chi connectivity index (χ0v) is 14.2. The van der Waals surface area contributed by atoms with Crippen molar-refractivity contribution in [1.29, 1.82) is 0 Å². The minimum absolute atomic E-state index is 0.00417. The molecule has 1 aliphatic rings. The molecular weight excluding hydrogens is 375 g/mol. The largest absolute Gasteiger partial charge is 0.573 e. The third-order valence-electron chi connectivity index (χ3n) is 3.68. The summed E-state index contributed by atoms with van der Waals surface area (Å²) in [4.78, 5) is 15.8. The molecule has 0 spiro atoms. The summed E-state index contributed by atoms with van der Waals surface area (Å²) in [5, 5.41) is -0.758. The third kappa shape index (κ3) is 4.37. The van der Waals surface area contributed by atoms with E-state index in [-0.39, 0.29) is 22.8 Å². The van der Waals surface area contributed by atoms with Crippen molar-refractivity contribution in [3.8, 4) is 23.0 Å². The van der Waals surface area contributed by atoms with Crippen molar-refractivity contribution >= 4 is 16.8 Å². The smallest absolute Gasteiger partial charge is 0.493 e. The van der Waals surface area contributed by atoms with Crippen molar-refractivity contribution in [2.24, 2.45) is 0 Å². The SMILES string of the molecule is COc1cc(OC(F)(F)F)ccc1Oc1cc(C2CC2)ncc1C(=O)Cl. The van der Waals surface area contributed by atoms with E-state index in [0.717, 1.165) is 30.7 Å². The van der Waals surface area contributed by atoms with Gasteiger partial charge in [-0.15, -0.1) is 13.2 Å². The van der Waals surface area contributed by atoms with Crippen LogP contribution in [-0.2, 0) is 0 Å². The summed E-state index contributed by atoms with van der Waals surface area (Å²) in [5.74, 6) is 0.119. The Balaban J connectivity index is 1.92. The lowest BCUT2D eigenvalue weighted by Gasteiger charge is -2.15. The number of ether oxygens (including phenoxy) is 3. The van der Waals surface area contributed by atoms with Gasteiger partial charge in [-0.25, -0.2) is 0 Å². The molecule has 0 N–H and O–H groups in total. The van der Waals surface area contributed by atoms with Crippen molar-refractivity contribution in [2.45, 2.75) is 25.1 Å². The third-order valence-corrected chi connectivity index (χ3v) is 3.89. The zero-order chi connectivity index (χ0) is 18.9. The fourth-order valence-electron chi connectivity index (χ4n) is 2.33. The average molecular weight is 388 g/mol. The Bertz CT molecular complexity index is 837. The standard InChI is InChI=1S/C17H13ClF3NO4/c1-24-15-6-10(26-17(19,20)21)4-5-13(15)25-14-7-12(9-2-3-9)22-8-11(14)16(18)23/h4-9H,2-3H2,1H3. The molecule has 5 nitrogen and oxygen atoms in total. The highest BCUT2D eigenvalue weighted by Gasteiger charge is 2.31. The molecule has 2 aromatic rings. The second-order valence-electron chi connectivity index (χ2n) is 5.62. The topological polar surface area (TPSA) is 57.6 Å². The molecule has 0 bridgehead atoms. The van der Waals surface area contributed by atoms with Gasteiger partial charge in [-0.2, -0.15) is 0 Å². The predicted molar refractivity (Wildman–Crippen MR) is 86.1 cm³/mol. The number of alkyl halides is 3. The number of nitrogens with zero attached hydrogens (tertiary/aromatic N) is 1. The Hall–Kier alpha value is -2.48. The molecule has 0 saturated heterocycles. The van der Waals surface area contributed by atoms with Gasteiger partial charge in [0.2, 0.25) is 0 Å².